The second-order valence-electron chi connectivity index (χ2n) is 2.95. The molecule has 0 aliphatic rings. The largest absolute Gasteiger partial charge is 0.399 e. The summed E-state index contributed by atoms with van der Waals surface area (Å²) < 4.78 is 0. The Morgan fingerprint density at radius 1 is 1.50 bits per heavy atom. The maximum atomic E-state index is 11.4. The molecule has 1 aromatic carbocycles. The van der Waals surface area contributed by atoms with Crippen LogP contribution in [-0.2, 0) is 0 Å². The van der Waals surface area contributed by atoms with Gasteiger partial charge in [0.25, 0.3) is 5.24 Å². The maximum absolute atomic E-state index is 11.4. The smallest absolute Gasteiger partial charge is 0.285 e. The van der Waals surface area contributed by atoms with Gasteiger partial charge in [-0.25, -0.2) is 0 Å². The maximum Gasteiger partial charge on any atom is 0.285 e. The van der Waals surface area contributed by atoms with Crippen LogP contribution in [0.1, 0.15) is 0 Å². The van der Waals surface area contributed by atoms with Crippen molar-refractivity contribution in [2.75, 3.05) is 19.8 Å². The van der Waals surface area contributed by atoms with E-state index in [2.05, 4.69) is 0 Å². The van der Waals surface area contributed by atoms with Gasteiger partial charge in [0.1, 0.15) is 0 Å². The van der Waals surface area contributed by atoms with E-state index in [0.717, 1.165) is 11.8 Å². The fourth-order valence-corrected chi connectivity index (χ4v) is 1.75. The quantitative estimate of drug-likeness (QED) is 0.596. The van der Waals surface area contributed by atoms with Crippen molar-refractivity contribution < 1.29 is 4.79 Å². The van der Waals surface area contributed by atoms with Crippen molar-refractivity contribution in [3.05, 3.63) is 23.2 Å². The Hall–Kier alpha value is -0.870. The Morgan fingerprint density at radius 3 is 2.71 bits per heavy atom. The molecule has 0 aliphatic carbocycles. The van der Waals surface area contributed by atoms with E-state index >= 15 is 0 Å². The van der Waals surface area contributed by atoms with Gasteiger partial charge in [0.05, 0.1) is 5.02 Å². The van der Waals surface area contributed by atoms with Gasteiger partial charge in [-0.2, -0.15) is 0 Å². The van der Waals surface area contributed by atoms with Crippen LogP contribution >= 0.6 is 23.4 Å². The molecule has 1 amide bonds. The molecule has 5 heteroatoms. The molecule has 1 rings (SSSR count). The van der Waals surface area contributed by atoms with Crippen LogP contribution in [0.15, 0.2) is 23.1 Å². The summed E-state index contributed by atoms with van der Waals surface area (Å²) in [5.41, 5.74) is 6.18. The first kappa shape index (κ1) is 11.2. The van der Waals surface area contributed by atoms with Crippen molar-refractivity contribution in [2.45, 2.75) is 4.90 Å². The Morgan fingerprint density at radius 2 is 2.14 bits per heavy atom. The number of nitrogens with two attached hydrogens (primary N) is 1. The number of thioether (sulfide) groups is 1. The molecule has 0 fully saturated rings. The van der Waals surface area contributed by atoms with Crippen LogP contribution in [0.4, 0.5) is 10.5 Å². The lowest BCUT2D eigenvalue weighted by molar-refractivity contribution is 0.241. The van der Waals surface area contributed by atoms with Crippen LogP contribution in [-0.4, -0.2) is 24.2 Å². The van der Waals surface area contributed by atoms with Crippen molar-refractivity contribution >= 4 is 34.3 Å². The summed E-state index contributed by atoms with van der Waals surface area (Å²) in [6, 6.07) is 5.07. The zero-order chi connectivity index (χ0) is 10.7. The second-order valence-corrected chi connectivity index (χ2v) is 4.35. The van der Waals surface area contributed by atoms with E-state index in [1.165, 1.54) is 4.90 Å². The molecule has 0 saturated carbocycles. The molecule has 0 aromatic heterocycles. The zero-order valence-electron chi connectivity index (χ0n) is 7.95. The van der Waals surface area contributed by atoms with E-state index in [1.54, 1.807) is 32.3 Å². The van der Waals surface area contributed by atoms with E-state index in [1.807, 2.05) is 0 Å². The molecule has 0 spiro atoms. The third kappa shape index (κ3) is 2.82. The number of hydrogen-bond acceptors (Lipinski definition) is 3. The van der Waals surface area contributed by atoms with Crippen molar-refractivity contribution in [2.24, 2.45) is 0 Å². The number of carbonyl (C=O) groups is 1. The molecule has 0 aliphatic heterocycles. The van der Waals surface area contributed by atoms with Gasteiger partial charge >= 0.3 is 0 Å². The average molecular weight is 231 g/mol. The number of benzene rings is 1. The van der Waals surface area contributed by atoms with E-state index < -0.39 is 0 Å². The van der Waals surface area contributed by atoms with Crippen LogP contribution < -0.4 is 5.73 Å². The fourth-order valence-electron chi connectivity index (χ4n) is 0.784. The number of amides is 1. The van der Waals surface area contributed by atoms with Gasteiger partial charge in [-0.15, -0.1) is 0 Å². The number of carbonyl (C=O) groups excluding carboxylic acids is 1. The molecule has 3 nitrogen and oxygen atoms in total. The van der Waals surface area contributed by atoms with Crippen LogP contribution in [0.5, 0.6) is 0 Å². The van der Waals surface area contributed by atoms with E-state index in [-0.39, 0.29) is 5.24 Å². The standard InChI is InChI=1S/C9H11ClN2OS/c1-12(2)9(13)14-8-5-6(11)3-4-7(8)10/h3-5H,11H2,1-2H3. The van der Waals surface area contributed by atoms with Gasteiger partial charge in [0.2, 0.25) is 0 Å². The predicted octanol–water partition coefficient (Wildman–Crippen LogP) is 2.70. The molecular formula is C9H11ClN2OS. The summed E-state index contributed by atoms with van der Waals surface area (Å²) in [5, 5.41) is 0.469. The molecule has 0 saturated heterocycles. The molecule has 0 unspecified atom stereocenters. The molecule has 76 valence electrons. The Kier molecular flexibility index (Phi) is 3.66. The minimum atomic E-state index is -0.0718. The number of rotatable bonds is 1. The molecule has 14 heavy (non-hydrogen) atoms. The zero-order valence-corrected chi connectivity index (χ0v) is 9.52. The summed E-state index contributed by atoms with van der Waals surface area (Å²) in [6.45, 7) is 0. The van der Waals surface area contributed by atoms with Crippen LogP contribution in [0.25, 0.3) is 0 Å². The summed E-state index contributed by atoms with van der Waals surface area (Å²) in [4.78, 5) is 13.5. The SMILES string of the molecule is CN(C)C(=O)Sc1cc(N)ccc1Cl. The van der Waals surface area contributed by atoms with Crippen molar-refractivity contribution in [1.29, 1.82) is 0 Å². The lowest BCUT2D eigenvalue weighted by atomic mass is 10.3. The van der Waals surface area contributed by atoms with Crippen molar-refractivity contribution in [1.82, 2.24) is 4.90 Å². The van der Waals surface area contributed by atoms with Crippen LogP contribution in [0, 0.1) is 0 Å². The molecule has 0 heterocycles. The van der Waals surface area contributed by atoms with Gasteiger partial charge < -0.3 is 10.6 Å². The highest BCUT2D eigenvalue weighted by Crippen LogP contribution is 2.30. The monoisotopic (exact) mass is 230 g/mol. The molecular weight excluding hydrogens is 220 g/mol. The van der Waals surface area contributed by atoms with Gasteiger partial charge in [-0.05, 0) is 30.0 Å². The van der Waals surface area contributed by atoms with Crippen LogP contribution in [0.2, 0.25) is 5.02 Å². The first-order valence-corrected chi connectivity index (χ1v) is 5.14. The topological polar surface area (TPSA) is 46.3 Å². The minimum Gasteiger partial charge on any atom is -0.399 e. The molecule has 2 N–H and O–H groups in total. The van der Waals surface area contributed by atoms with Crippen LogP contribution in [0.3, 0.4) is 0 Å². The molecule has 1 aromatic rings. The first-order valence-electron chi connectivity index (χ1n) is 3.95. The summed E-state index contributed by atoms with van der Waals surface area (Å²) in [6.07, 6.45) is 0. The predicted molar refractivity (Wildman–Crippen MR) is 60.8 cm³/mol. The third-order valence-corrected chi connectivity index (χ3v) is 3.06. The van der Waals surface area contributed by atoms with Crippen molar-refractivity contribution in [3.8, 4) is 0 Å². The van der Waals surface area contributed by atoms with E-state index in [9.17, 15) is 4.79 Å². The van der Waals surface area contributed by atoms with Gasteiger partial charge in [-0.3, -0.25) is 4.79 Å². The first-order chi connectivity index (χ1) is 6.50. The normalized spacial score (nSPS) is 9.93. The number of nitrogens with zero attached hydrogens (tertiary/aromatic N) is 1. The highest BCUT2D eigenvalue weighted by Gasteiger charge is 2.09. The lowest BCUT2D eigenvalue weighted by Gasteiger charge is -2.10. The molecule has 0 atom stereocenters. The summed E-state index contributed by atoms with van der Waals surface area (Å²) in [5.74, 6) is 0. The number of nitrogen functional groups attached to an aromatic ring is 1. The Balaban J connectivity index is 2.86. The van der Waals surface area contributed by atoms with E-state index in [4.69, 9.17) is 17.3 Å². The van der Waals surface area contributed by atoms with Crippen molar-refractivity contribution in [3.63, 3.8) is 0 Å². The molecule has 0 radical (unpaired) electrons. The third-order valence-electron chi connectivity index (χ3n) is 1.52. The van der Waals surface area contributed by atoms with Gasteiger partial charge in [-0.1, -0.05) is 11.6 Å². The minimum absolute atomic E-state index is 0.0718. The van der Waals surface area contributed by atoms with E-state index in [0.29, 0.717) is 15.6 Å². The second kappa shape index (κ2) is 4.57. The highest BCUT2D eigenvalue weighted by molar-refractivity contribution is 8.13. The summed E-state index contributed by atoms with van der Waals surface area (Å²) >= 11 is 6.97. The Labute approximate surface area is 92.2 Å². The number of halogens is 1. The average Bonchev–Trinajstić information content (AvgIpc) is 2.11. The summed E-state index contributed by atoms with van der Waals surface area (Å²) in [7, 11) is 3.38. The van der Waals surface area contributed by atoms with Gasteiger partial charge in [0.15, 0.2) is 0 Å². The van der Waals surface area contributed by atoms with Gasteiger partial charge in [0, 0.05) is 24.7 Å². The number of anilines is 1. The molecule has 0 bridgehead atoms. The fraction of sp³-hybridized carbons (Fsp3) is 0.222. The lowest BCUT2D eigenvalue weighted by Crippen LogP contribution is -2.16. The highest BCUT2D eigenvalue weighted by atomic mass is 35.5. The Bertz CT molecular complexity index is 355. The number of hydrogen-bond donors (Lipinski definition) is 1.